The molecule has 7 atom stereocenters. The van der Waals surface area contributed by atoms with Gasteiger partial charge in [0.1, 0.15) is 11.5 Å². The minimum absolute atomic E-state index is 0.0907. The highest BCUT2D eigenvalue weighted by Gasteiger charge is 2.77. The van der Waals surface area contributed by atoms with E-state index in [1.54, 1.807) is 0 Å². The minimum atomic E-state index is -2.68. The topological polar surface area (TPSA) is 142 Å². The highest BCUT2D eigenvalue weighted by atomic mass is 28.4. The molecule has 0 radical (unpaired) electrons. The maximum absolute atomic E-state index is 14.5. The summed E-state index contributed by atoms with van der Waals surface area (Å²) in [5.74, 6) is -5.29. The van der Waals surface area contributed by atoms with E-state index in [9.17, 15) is 24.7 Å². The molecule has 1 spiro atoms. The van der Waals surface area contributed by atoms with Crippen LogP contribution in [0.4, 0.5) is 0 Å². The highest BCUT2D eigenvalue weighted by molar-refractivity contribution is 6.74. The van der Waals surface area contributed by atoms with Gasteiger partial charge >= 0.3 is 18.2 Å². The quantitative estimate of drug-likeness (QED) is 0.0288. The number of cyclic esters (lactones) is 2. The molecule has 5 rings (SSSR count). The Balaban J connectivity index is 1.72. The first-order chi connectivity index (χ1) is 22.7. The van der Waals surface area contributed by atoms with Crippen molar-refractivity contribution in [1.29, 1.82) is 0 Å². The van der Waals surface area contributed by atoms with Gasteiger partial charge in [-0.25, -0.2) is 9.59 Å². The van der Waals surface area contributed by atoms with Crippen LogP contribution in [0.2, 0.25) is 18.1 Å². The molecule has 260 valence electrons. The van der Waals surface area contributed by atoms with Crippen molar-refractivity contribution in [3.8, 4) is 0 Å². The second kappa shape index (κ2) is 13.7. The lowest BCUT2D eigenvalue weighted by atomic mass is 9.59. The van der Waals surface area contributed by atoms with Crippen LogP contribution in [-0.2, 0) is 37.8 Å². The maximum atomic E-state index is 14.5. The standard InChI is InChI=1S/C37H50N2O8Si/c1-8-10-12-13-14-16-17-23-19-28-36(29(41)22-39-38)21-25-30(33(43)44-32(25)42)31-24(23)20-27(26(40)18-15-11-9-2)45-37(28,31)46-34(36)47-48(6,7)35(3,4)5/h8-11,19,22-24,27,31,34H,12-18,20-21H2,1-7H3/b10-8+,11-9+/t23-,24+,27-,31+,34-,36-,37+/m1/s1. The van der Waals surface area contributed by atoms with Gasteiger partial charge in [-0.1, -0.05) is 64.0 Å². The van der Waals surface area contributed by atoms with Crippen LogP contribution in [0.5, 0.6) is 0 Å². The lowest BCUT2D eigenvalue weighted by Gasteiger charge is -2.53. The summed E-state index contributed by atoms with van der Waals surface area (Å²) >= 11 is 0. The lowest BCUT2D eigenvalue weighted by molar-refractivity contribution is -0.311. The molecule has 2 aliphatic carbocycles. The summed E-state index contributed by atoms with van der Waals surface area (Å²) in [4.78, 5) is 58.4. The number of carbonyl (C=O) groups excluding carboxylic acids is 4. The number of Topliss-reactive ketones (excluding diaryl/α,β-unsaturated/α-hetero) is 2. The van der Waals surface area contributed by atoms with E-state index in [4.69, 9.17) is 18.6 Å². The molecule has 0 saturated carbocycles. The van der Waals surface area contributed by atoms with Crippen molar-refractivity contribution < 1.29 is 42.6 Å². The predicted molar refractivity (Wildman–Crippen MR) is 181 cm³/mol. The molecule has 0 aromatic rings. The van der Waals surface area contributed by atoms with Crippen molar-refractivity contribution in [2.75, 3.05) is 0 Å². The molecule has 10 nitrogen and oxygen atoms in total. The number of hydrogen-bond acceptors (Lipinski definition) is 8. The van der Waals surface area contributed by atoms with E-state index in [1.807, 2.05) is 51.2 Å². The van der Waals surface area contributed by atoms with Crippen molar-refractivity contribution in [3.63, 3.8) is 0 Å². The number of ketones is 2. The van der Waals surface area contributed by atoms with Gasteiger partial charge in [-0.15, -0.1) is 0 Å². The van der Waals surface area contributed by atoms with Gasteiger partial charge in [-0.05, 0) is 75.9 Å². The smallest absolute Gasteiger partial charge is 0.342 e. The largest absolute Gasteiger partial charge is 0.391 e. The van der Waals surface area contributed by atoms with Gasteiger partial charge in [0.15, 0.2) is 20.4 Å². The SMILES string of the molecule is C/C=C/CCCCC[C@@H]1C=C2[C@]34O[C@H](O[Si](C)(C)C(C)(C)C)[C@]2(C(=O)C=[N+]=[N-])CC2=C(C(=O)OC2=O)[C@@H]3[C@H]1C[C@H](C(=O)CC/C=C/C)O4. The van der Waals surface area contributed by atoms with Crippen LogP contribution in [0.1, 0.15) is 92.4 Å². The van der Waals surface area contributed by atoms with Crippen LogP contribution < -0.4 is 0 Å². The number of carbonyl (C=O) groups is 4. The van der Waals surface area contributed by atoms with Gasteiger partial charge in [0.05, 0.1) is 17.1 Å². The number of nitrogens with zero attached hydrogens (tertiary/aromatic N) is 2. The summed E-state index contributed by atoms with van der Waals surface area (Å²) in [6, 6.07) is 0. The average molecular weight is 679 g/mol. The first kappa shape index (κ1) is 36.2. The van der Waals surface area contributed by atoms with E-state index < -0.39 is 55.6 Å². The molecule has 2 saturated heterocycles. The normalized spacial score (nSPS) is 32.6. The van der Waals surface area contributed by atoms with Gasteiger partial charge < -0.3 is 24.2 Å². The number of unbranched alkanes of at least 4 members (excludes halogenated alkanes) is 3. The zero-order valence-electron chi connectivity index (χ0n) is 29.4. The second-order valence-electron chi connectivity index (χ2n) is 15.3. The van der Waals surface area contributed by atoms with Crippen molar-refractivity contribution in [3.05, 3.63) is 52.6 Å². The summed E-state index contributed by atoms with van der Waals surface area (Å²) in [5.41, 5.74) is 8.69. The Hall–Kier alpha value is -3.08. The molecule has 5 bridgehead atoms. The van der Waals surface area contributed by atoms with Gasteiger partial charge in [0.25, 0.3) is 5.78 Å². The molecule has 3 heterocycles. The predicted octanol–water partition coefficient (Wildman–Crippen LogP) is 6.73. The van der Waals surface area contributed by atoms with Gasteiger partial charge in [0.2, 0.25) is 5.79 Å². The molecule has 0 N–H and O–H groups in total. The number of hydrogen-bond donors (Lipinski definition) is 0. The fraction of sp³-hybridized carbons (Fsp3) is 0.649. The summed E-state index contributed by atoms with van der Waals surface area (Å²) < 4.78 is 25.9. The summed E-state index contributed by atoms with van der Waals surface area (Å²) in [5, 5.41) is -0.289. The van der Waals surface area contributed by atoms with Gasteiger partial charge in [0, 0.05) is 18.4 Å². The van der Waals surface area contributed by atoms with E-state index in [-0.39, 0.29) is 46.6 Å². The molecule has 48 heavy (non-hydrogen) atoms. The van der Waals surface area contributed by atoms with Gasteiger partial charge in [-0.2, -0.15) is 4.79 Å². The number of allylic oxidation sites excluding steroid dienone is 5. The van der Waals surface area contributed by atoms with Crippen LogP contribution in [-0.4, -0.2) is 61.0 Å². The molecule has 0 aromatic heterocycles. The van der Waals surface area contributed by atoms with Crippen LogP contribution in [0.15, 0.2) is 47.1 Å². The summed E-state index contributed by atoms with van der Waals surface area (Å²) in [7, 11) is -2.68. The molecule has 5 aliphatic rings. The monoisotopic (exact) mass is 678 g/mol. The molecular weight excluding hydrogens is 628 g/mol. The Morgan fingerprint density at radius 2 is 1.77 bits per heavy atom. The van der Waals surface area contributed by atoms with E-state index in [0.717, 1.165) is 38.3 Å². The summed E-state index contributed by atoms with van der Waals surface area (Å²) in [6.45, 7) is 14.2. The van der Waals surface area contributed by atoms with Crippen molar-refractivity contribution in [1.82, 2.24) is 0 Å². The van der Waals surface area contributed by atoms with Crippen LogP contribution in [0.25, 0.3) is 5.53 Å². The van der Waals surface area contributed by atoms with Gasteiger partial charge in [-0.3, -0.25) is 9.59 Å². The Morgan fingerprint density at radius 1 is 1.06 bits per heavy atom. The molecule has 2 fully saturated rings. The van der Waals surface area contributed by atoms with Crippen LogP contribution >= 0.6 is 0 Å². The van der Waals surface area contributed by atoms with Crippen molar-refractivity contribution in [2.24, 2.45) is 23.2 Å². The fourth-order valence-electron chi connectivity index (χ4n) is 8.00. The van der Waals surface area contributed by atoms with Crippen LogP contribution in [0.3, 0.4) is 0 Å². The molecule has 3 aliphatic heterocycles. The van der Waals surface area contributed by atoms with E-state index in [2.05, 4.69) is 31.6 Å². The summed E-state index contributed by atoms with van der Waals surface area (Å²) in [6.07, 6.45) is 14.3. The van der Waals surface area contributed by atoms with E-state index in [0.29, 0.717) is 18.4 Å². The maximum Gasteiger partial charge on any atom is 0.342 e. The number of esters is 2. The zero-order chi connectivity index (χ0) is 35.1. The number of ether oxygens (including phenoxy) is 3. The Labute approximate surface area is 284 Å². The highest BCUT2D eigenvalue weighted by Crippen LogP contribution is 2.68. The Kier molecular flexibility index (Phi) is 10.3. The van der Waals surface area contributed by atoms with E-state index >= 15 is 0 Å². The first-order valence-electron chi connectivity index (χ1n) is 17.4. The minimum Gasteiger partial charge on any atom is -0.391 e. The van der Waals surface area contributed by atoms with Crippen LogP contribution in [0, 0.1) is 23.2 Å². The average Bonchev–Trinajstić information content (AvgIpc) is 3.38. The van der Waals surface area contributed by atoms with Crippen molar-refractivity contribution in [2.45, 2.75) is 129 Å². The Morgan fingerprint density at radius 3 is 2.44 bits per heavy atom. The Bertz CT molecular complexity index is 1530. The first-order valence-corrected chi connectivity index (χ1v) is 20.3. The third kappa shape index (κ3) is 6.02. The third-order valence-corrected chi connectivity index (χ3v) is 15.9. The second-order valence-corrected chi connectivity index (χ2v) is 20.1. The lowest BCUT2D eigenvalue weighted by Crippen LogP contribution is -2.59. The van der Waals surface area contributed by atoms with Crippen molar-refractivity contribution >= 4 is 38.0 Å². The molecule has 0 aromatic carbocycles. The van der Waals surface area contributed by atoms with E-state index in [1.165, 1.54) is 0 Å². The molecule has 11 heteroatoms. The fourth-order valence-corrected chi connectivity index (χ4v) is 9.14. The molecular formula is C37H50N2O8Si. The third-order valence-electron chi connectivity index (χ3n) is 11.5. The molecule has 0 amide bonds. The zero-order valence-corrected chi connectivity index (χ0v) is 30.4. The number of rotatable bonds is 14. The molecule has 0 unspecified atom stereocenters.